The molecule has 1 saturated carbocycles. The van der Waals surface area contributed by atoms with Crippen molar-refractivity contribution in [1.82, 2.24) is 0 Å². The Kier molecular flexibility index (Phi) is 8.21. The highest BCUT2D eigenvalue weighted by atomic mass is 35.5. The summed E-state index contributed by atoms with van der Waals surface area (Å²) >= 11 is 31.3. The lowest BCUT2D eigenvalue weighted by Gasteiger charge is -2.12. The molecule has 2 N–H and O–H groups in total. The van der Waals surface area contributed by atoms with Gasteiger partial charge in [-0.05, 0) is 60.2 Å². The van der Waals surface area contributed by atoms with Gasteiger partial charge in [-0.15, -0.1) is 23.2 Å². The van der Waals surface area contributed by atoms with Crippen LogP contribution in [0.1, 0.15) is 27.4 Å². The maximum Gasteiger partial charge on any atom is 0.257 e. The topological polar surface area (TPSA) is 79.8 Å². The molecule has 0 heterocycles. The first kappa shape index (κ1) is 27.5. The van der Waals surface area contributed by atoms with Crippen LogP contribution in [0.3, 0.4) is 0 Å². The third-order valence-electron chi connectivity index (χ3n) is 5.62. The fraction of sp³-hybridized carbons (Fsp3) is 0.160. The van der Waals surface area contributed by atoms with Crippen LogP contribution in [0.4, 0.5) is 15.8 Å². The Hall–Kier alpha value is -2.55. The summed E-state index contributed by atoms with van der Waals surface area (Å²) in [6.07, 6.45) is 1.25. The van der Waals surface area contributed by atoms with E-state index in [-0.39, 0.29) is 21.8 Å². The van der Waals surface area contributed by atoms with E-state index in [1.54, 1.807) is 18.2 Å². The highest BCUT2D eigenvalue weighted by Gasteiger charge is 2.67. The number of carbonyl (C=O) groups excluding carboxylic acids is 2. The second-order valence-electron chi connectivity index (χ2n) is 8.12. The largest absolute Gasteiger partial charge is 0.399 e. The fourth-order valence-corrected chi connectivity index (χ4v) is 5.45. The molecule has 192 valence electrons. The Morgan fingerprint density at radius 1 is 1.00 bits per heavy atom. The molecule has 37 heavy (non-hydrogen) atoms. The quantitative estimate of drug-likeness (QED) is 0.166. The van der Waals surface area contributed by atoms with Gasteiger partial charge in [0.2, 0.25) is 5.91 Å². The van der Waals surface area contributed by atoms with Gasteiger partial charge in [-0.25, -0.2) is 4.39 Å². The minimum Gasteiger partial charge on any atom is -0.399 e. The van der Waals surface area contributed by atoms with E-state index < -0.39 is 33.8 Å². The van der Waals surface area contributed by atoms with Crippen LogP contribution in [-0.4, -0.2) is 29.5 Å². The SMILES string of the molecule is CO/N=C/c1cc(F)ccc1NC(=O)c1cc(NC(=O)[C@@H]2C(c3cc(Cl)cc(Cl)c3)C2(Cl)Cl)ccc1Cl. The lowest BCUT2D eigenvalue weighted by atomic mass is 10.1. The number of hydrogen-bond acceptors (Lipinski definition) is 4. The van der Waals surface area contributed by atoms with E-state index in [1.165, 1.54) is 49.7 Å². The fourth-order valence-electron chi connectivity index (χ4n) is 3.87. The molecular weight excluding hydrogens is 587 g/mol. The van der Waals surface area contributed by atoms with Gasteiger partial charge in [0, 0.05) is 27.2 Å². The number of rotatable bonds is 7. The van der Waals surface area contributed by atoms with Gasteiger partial charge in [0.25, 0.3) is 5.91 Å². The molecule has 3 aromatic rings. The molecular formula is C25H17Cl5FN3O3. The first-order chi connectivity index (χ1) is 17.5. The zero-order valence-electron chi connectivity index (χ0n) is 18.9. The molecule has 4 rings (SSSR count). The summed E-state index contributed by atoms with van der Waals surface area (Å²) in [4.78, 5) is 30.7. The second-order valence-corrected chi connectivity index (χ2v) is 10.8. The van der Waals surface area contributed by atoms with Crippen molar-refractivity contribution < 1.29 is 18.8 Å². The molecule has 12 heteroatoms. The molecule has 0 saturated heterocycles. The zero-order chi connectivity index (χ0) is 26.9. The lowest BCUT2D eigenvalue weighted by Crippen LogP contribution is -2.18. The third kappa shape index (κ3) is 6.13. The van der Waals surface area contributed by atoms with Crippen molar-refractivity contribution in [1.29, 1.82) is 0 Å². The predicted molar refractivity (Wildman–Crippen MR) is 146 cm³/mol. The molecule has 3 aromatic carbocycles. The molecule has 0 aliphatic heterocycles. The normalized spacial score (nSPS) is 17.9. The van der Waals surface area contributed by atoms with E-state index in [1.807, 2.05) is 0 Å². The Labute approximate surface area is 236 Å². The van der Waals surface area contributed by atoms with Gasteiger partial charge in [-0.1, -0.05) is 40.0 Å². The average Bonchev–Trinajstić information content (AvgIpc) is 3.41. The summed E-state index contributed by atoms with van der Waals surface area (Å²) in [6, 6.07) is 13.0. The Morgan fingerprint density at radius 2 is 1.70 bits per heavy atom. The Bertz CT molecular complexity index is 1400. The van der Waals surface area contributed by atoms with Crippen LogP contribution in [0.25, 0.3) is 0 Å². The summed E-state index contributed by atoms with van der Waals surface area (Å²) in [5, 5.41) is 9.90. The number of carbonyl (C=O) groups is 2. The third-order valence-corrected chi connectivity index (χ3v) is 7.32. The number of oxime groups is 1. The number of amides is 2. The Balaban J connectivity index is 1.52. The van der Waals surface area contributed by atoms with E-state index in [0.717, 1.165) is 0 Å². The maximum atomic E-state index is 13.7. The van der Waals surface area contributed by atoms with E-state index >= 15 is 0 Å². The molecule has 1 aliphatic carbocycles. The van der Waals surface area contributed by atoms with Gasteiger partial charge in [-0.3, -0.25) is 9.59 Å². The van der Waals surface area contributed by atoms with E-state index in [2.05, 4.69) is 20.6 Å². The van der Waals surface area contributed by atoms with Gasteiger partial charge in [0.05, 0.1) is 28.4 Å². The highest BCUT2D eigenvalue weighted by Crippen LogP contribution is 2.65. The molecule has 1 aliphatic rings. The van der Waals surface area contributed by atoms with Crippen molar-refractivity contribution in [2.75, 3.05) is 17.7 Å². The molecule has 0 radical (unpaired) electrons. The first-order valence-electron chi connectivity index (χ1n) is 10.6. The molecule has 1 fully saturated rings. The number of halogens is 6. The van der Waals surface area contributed by atoms with Gasteiger partial charge in [0.1, 0.15) is 17.3 Å². The summed E-state index contributed by atoms with van der Waals surface area (Å²) in [7, 11) is 1.33. The number of nitrogens with one attached hydrogen (secondary N) is 2. The standard InChI is InChI=1S/C25H17Cl5FN3O3/c1-37-32-11-13-8-16(31)2-5-20(13)34-23(35)18-10-17(3-4-19(18)28)33-24(36)22-21(25(22,29)30)12-6-14(26)9-15(27)7-12/h2-11,21-22H,1H3,(H,33,36)(H,34,35)/b32-11+/t21?,22-/m0/s1. The predicted octanol–water partition coefficient (Wildman–Crippen LogP) is 7.54. The average molecular weight is 604 g/mol. The van der Waals surface area contributed by atoms with Gasteiger partial charge < -0.3 is 15.5 Å². The molecule has 6 nitrogen and oxygen atoms in total. The summed E-state index contributed by atoms with van der Waals surface area (Å²) < 4.78 is 12.3. The number of alkyl halides is 2. The van der Waals surface area contributed by atoms with Crippen molar-refractivity contribution in [3.05, 3.63) is 92.2 Å². The van der Waals surface area contributed by atoms with Crippen molar-refractivity contribution in [2.45, 2.75) is 10.3 Å². The van der Waals surface area contributed by atoms with Gasteiger partial charge in [0.15, 0.2) is 0 Å². The Morgan fingerprint density at radius 3 is 2.38 bits per heavy atom. The van der Waals surface area contributed by atoms with Gasteiger partial charge >= 0.3 is 0 Å². The number of benzene rings is 3. The second kappa shape index (κ2) is 11.1. The molecule has 0 bridgehead atoms. The molecule has 2 atom stereocenters. The minimum atomic E-state index is -1.37. The molecule has 1 unspecified atom stereocenters. The molecule has 0 aromatic heterocycles. The maximum absolute atomic E-state index is 13.7. The minimum absolute atomic E-state index is 0.0652. The van der Waals surface area contributed by atoms with Crippen LogP contribution in [0.5, 0.6) is 0 Å². The summed E-state index contributed by atoms with van der Waals surface area (Å²) in [5.41, 5.74) is 1.53. The molecule has 0 spiro atoms. The van der Waals surface area contributed by atoms with Crippen LogP contribution in [0.2, 0.25) is 15.1 Å². The smallest absolute Gasteiger partial charge is 0.257 e. The van der Waals surface area contributed by atoms with E-state index in [9.17, 15) is 14.0 Å². The van der Waals surface area contributed by atoms with Crippen molar-refractivity contribution in [3.63, 3.8) is 0 Å². The van der Waals surface area contributed by atoms with Crippen molar-refractivity contribution >= 4 is 87.4 Å². The zero-order valence-corrected chi connectivity index (χ0v) is 22.6. The number of hydrogen-bond donors (Lipinski definition) is 2. The van der Waals surface area contributed by atoms with Gasteiger partial charge in [-0.2, -0.15) is 0 Å². The number of nitrogens with zero attached hydrogens (tertiary/aromatic N) is 1. The summed E-state index contributed by atoms with van der Waals surface area (Å²) in [5.74, 6) is -2.91. The highest BCUT2D eigenvalue weighted by molar-refractivity contribution is 6.53. The van der Waals surface area contributed by atoms with Crippen LogP contribution in [0.15, 0.2) is 59.8 Å². The van der Waals surface area contributed by atoms with Crippen molar-refractivity contribution in [3.8, 4) is 0 Å². The molecule has 2 amide bonds. The number of anilines is 2. The van der Waals surface area contributed by atoms with Crippen molar-refractivity contribution in [2.24, 2.45) is 11.1 Å². The summed E-state index contributed by atoms with van der Waals surface area (Å²) in [6.45, 7) is 0. The monoisotopic (exact) mass is 601 g/mol. The van der Waals surface area contributed by atoms with E-state index in [0.29, 0.717) is 21.3 Å². The van der Waals surface area contributed by atoms with Crippen LogP contribution in [0, 0.1) is 11.7 Å². The van der Waals surface area contributed by atoms with Crippen LogP contribution < -0.4 is 10.6 Å². The van der Waals surface area contributed by atoms with Crippen LogP contribution in [-0.2, 0) is 9.63 Å². The lowest BCUT2D eigenvalue weighted by molar-refractivity contribution is -0.117. The first-order valence-corrected chi connectivity index (χ1v) is 12.5. The van der Waals surface area contributed by atoms with E-state index in [4.69, 9.17) is 58.0 Å². The van der Waals surface area contributed by atoms with Crippen LogP contribution >= 0.6 is 58.0 Å².